The smallest absolute Gasteiger partial charge is 0.343 e. The van der Waals surface area contributed by atoms with Crippen LogP contribution in [0.4, 0.5) is 5.69 Å². The third-order valence-electron chi connectivity index (χ3n) is 5.11. The van der Waals surface area contributed by atoms with Crippen LogP contribution < -0.4 is 25.2 Å². The number of hydrogen-bond acceptors (Lipinski definition) is 7. The molecule has 0 spiro atoms. The molecular weight excluding hydrogens is 473 g/mol. The first kappa shape index (κ1) is 22.8. The van der Waals surface area contributed by atoms with Crippen LogP contribution in [-0.2, 0) is 4.79 Å². The fourth-order valence-corrected chi connectivity index (χ4v) is 3.93. The maximum Gasteiger partial charge on any atom is 0.343 e. The fraction of sp³-hybridized carbons (Fsp3) is 0.217. The monoisotopic (exact) mass is 491 g/mol. The van der Waals surface area contributed by atoms with Crippen molar-refractivity contribution in [2.75, 3.05) is 19.2 Å². The van der Waals surface area contributed by atoms with Crippen LogP contribution in [0.1, 0.15) is 29.2 Å². The minimum absolute atomic E-state index is 0.00947. The number of aryl methyl sites for hydroxylation is 1. The number of amides is 1. The molecule has 2 heterocycles. The molecule has 10 heteroatoms. The molecule has 8 nitrogen and oxygen atoms in total. The Morgan fingerprint density at radius 3 is 2.67 bits per heavy atom. The molecule has 1 aromatic heterocycles. The number of nitrogens with one attached hydrogen (secondary N) is 1. The minimum Gasteiger partial charge on any atom is -0.507 e. The topological polar surface area (TPSA) is 107 Å². The summed E-state index contributed by atoms with van der Waals surface area (Å²) >= 11 is 12.0. The number of halogens is 2. The van der Waals surface area contributed by atoms with Gasteiger partial charge >= 0.3 is 5.63 Å². The number of ether oxygens (including phenoxy) is 3. The van der Waals surface area contributed by atoms with Gasteiger partial charge in [0.2, 0.25) is 18.4 Å². The van der Waals surface area contributed by atoms with E-state index >= 15 is 0 Å². The van der Waals surface area contributed by atoms with Crippen LogP contribution in [0.3, 0.4) is 0 Å². The molecule has 1 aliphatic rings. The van der Waals surface area contributed by atoms with Gasteiger partial charge in [-0.2, -0.15) is 0 Å². The number of anilines is 1. The maximum absolute atomic E-state index is 13.0. The first-order valence-corrected chi connectivity index (χ1v) is 10.6. The average Bonchev–Trinajstić information content (AvgIpc) is 3.23. The molecule has 1 aliphatic heterocycles. The van der Waals surface area contributed by atoms with E-state index in [0.717, 1.165) is 0 Å². The summed E-state index contributed by atoms with van der Waals surface area (Å²) in [6.07, 6.45) is -0.204. The number of aromatic hydroxyl groups is 1. The molecule has 0 aliphatic carbocycles. The second kappa shape index (κ2) is 9.25. The van der Waals surface area contributed by atoms with Crippen molar-refractivity contribution in [2.24, 2.45) is 0 Å². The Morgan fingerprint density at radius 1 is 1.18 bits per heavy atom. The van der Waals surface area contributed by atoms with E-state index in [0.29, 0.717) is 33.5 Å². The largest absolute Gasteiger partial charge is 0.507 e. The zero-order chi connectivity index (χ0) is 23.7. The Hall–Kier alpha value is -3.36. The molecule has 2 aromatic carbocycles. The molecule has 1 amide bonds. The number of methoxy groups -OCH3 is 1. The summed E-state index contributed by atoms with van der Waals surface area (Å²) in [4.78, 5) is 25.7. The zero-order valence-electron chi connectivity index (χ0n) is 17.6. The molecule has 1 atom stereocenters. The molecule has 0 radical (unpaired) electrons. The SMILES string of the molecule is COc1cc([C@H](CC(=O)Nc2ccc(Cl)c(Cl)c2)c2c(O)cc(C)oc2=O)cc2c1OCO2. The van der Waals surface area contributed by atoms with Crippen molar-refractivity contribution in [3.63, 3.8) is 0 Å². The van der Waals surface area contributed by atoms with E-state index in [4.69, 9.17) is 41.8 Å². The van der Waals surface area contributed by atoms with Crippen LogP contribution in [0.5, 0.6) is 23.0 Å². The van der Waals surface area contributed by atoms with Crippen molar-refractivity contribution in [3.05, 3.63) is 73.8 Å². The van der Waals surface area contributed by atoms with Gasteiger partial charge in [0.05, 0.1) is 22.7 Å². The molecule has 0 saturated heterocycles. The quantitative estimate of drug-likeness (QED) is 0.506. The molecular formula is C23H19Cl2NO7. The summed E-state index contributed by atoms with van der Waals surface area (Å²) in [5, 5.41) is 13.9. The van der Waals surface area contributed by atoms with Crippen molar-refractivity contribution in [1.29, 1.82) is 0 Å². The minimum atomic E-state index is -0.881. The maximum atomic E-state index is 13.0. The standard InChI is InChI=1S/C23H19Cl2NO7/c1-11-5-17(27)21(23(29)33-11)14(9-20(28)26-13-3-4-15(24)16(25)8-13)12-6-18(30-2)22-19(7-12)31-10-32-22/h3-8,14,27H,9-10H2,1-2H3,(H,26,28)/t14-/m0/s1. The van der Waals surface area contributed by atoms with Gasteiger partial charge in [0, 0.05) is 24.1 Å². The second-order valence-corrected chi connectivity index (χ2v) is 8.15. The van der Waals surface area contributed by atoms with E-state index in [-0.39, 0.29) is 35.3 Å². The average molecular weight is 492 g/mol. The number of rotatable bonds is 6. The van der Waals surface area contributed by atoms with E-state index in [1.165, 1.54) is 19.2 Å². The summed E-state index contributed by atoms with van der Waals surface area (Å²) in [7, 11) is 1.46. The Labute approximate surface area is 198 Å². The molecule has 0 bridgehead atoms. The third kappa shape index (κ3) is 4.72. The van der Waals surface area contributed by atoms with Crippen molar-refractivity contribution in [2.45, 2.75) is 19.3 Å². The summed E-state index contributed by atoms with van der Waals surface area (Å²) in [5.74, 6) is -0.180. The molecule has 2 N–H and O–H groups in total. The van der Waals surface area contributed by atoms with E-state index in [9.17, 15) is 14.7 Å². The predicted octanol–water partition coefficient (Wildman–Crippen LogP) is 4.86. The lowest BCUT2D eigenvalue weighted by Crippen LogP contribution is -2.21. The molecule has 33 heavy (non-hydrogen) atoms. The first-order chi connectivity index (χ1) is 15.8. The van der Waals surface area contributed by atoms with Gasteiger partial charge in [-0.25, -0.2) is 4.79 Å². The van der Waals surface area contributed by atoms with Crippen molar-refractivity contribution >= 4 is 34.8 Å². The van der Waals surface area contributed by atoms with Gasteiger partial charge in [-0.3, -0.25) is 4.79 Å². The highest BCUT2D eigenvalue weighted by molar-refractivity contribution is 6.42. The highest BCUT2D eigenvalue weighted by Crippen LogP contribution is 2.45. The Kier molecular flexibility index (Phi) is 6.40. The number of fused-ring (bicyclic) bond motifs is 1. The number of benzene rings is 2. The van der Waals surface area contributed by atoms with Gasteiger partial charge in [0.25, 0.3) is 0 Å². The molecule has 0 unspecified atom stereocenters. The van der Waals surface area contributed by atoms with E-state index in [1.54, 1.807) is 31.2 Å². The van der Waals surface area contributed by atoms with Gasteiger partial charge in [-0.1, -0.05) is 23.2 Å². The van der Waals surface area contributed by atoms with Crippen LogP contribution in [0, 0.1) is 6.92 Å². The van der Waals surface area contributed by atoms with Crippen LogP contribution in [0.25, 0.3) is 0 Å². The molecule has 172 valence electrons. The number of hydrogen-bond donors (Lipinski definition) is 2. The van der Waals surface area contributed by atoms with Crippen LogP contribution >= 0.6 is 23.2 Å². The van der Waals surface area contributed by atoms with Gasteiger partial charge in [0.1, 0.15) is 11.5 Å². The van der Waals surface area contributed by atoms with Crippen molar-refractivity contribution in [3.8, 4) is 23.0 Å². The zero-order valence-corrected chi connectivity index (χ0v) is 19.1. The number of carbonyl (C=O) groups excluding carboxylic acids is 1. The lowest BCUT2D eigenvalue weighted by Gasteiger charge is -2.19. The Morgan fingerprint density at radius 2 is 1.97 bits per heavy atom. The highest BCUT2D eigenvalue weighted by atomic mass is 35.5. The van der Waals surface area contributed by atoms with Gasteiger partial charge in [-0.05, 0) is 42.8 Å². The van der Waals surface area contributed by atoms with Crippen LogP contribution in [0.2, 0.25) is 10.0 Å². The lowest BCUT2D eigenvalue weighted by molar-refractivity contribution is -0.116. The fourth-order valence-electron chi connectivity index (χ4n) is 3.64. The Bertz CT molecular complexity index is 1290. The summed E-state index contributed by atoms with van der Waals surface area (Å²) < 4.78 is 21.5. The Balaban J connectivity index is 1.75. The van der Waals surface area contributed by atoms with E-state index < -0.39 is 17.5 Å². The van der Waals surface area contributed by atoms with Gasteiger partial charge in [-0.15, -0.1) is 0 Å². The van der Waals surface area contributed by atoms with Gasteiger partial charge < -0.3 is 29.1 Å². The normalized spacial score (nSPS) is 13.0. The van der Waals surface area contributed by atoms with Gasteiger partial charge in [0.15, 0.2) is 11.5 Å². The van der Waals surface area contributed by atoms with Crippen LogP contribution in [0.15, 0.2) is 45.6 Å². The lowest BCUT2D eigenvalue weighted by atomic mass is 9.88. The molecule has 0 saturated carbocycles. The second-order valence-electron chi connectivity index (χ2n) is 7.33. The summed E-state index contributed by atoms with van der Waals surface area (Å²) in [6.45, 7) is 1.55. The first-order valence-electron chi connectivity index (χ1n) is 9.83. The molecule has 3 aromatic rings. The number of carbonyl (C=O) groups is 1. The highest BCUT2D eigenvalue weighted by Gasteiger charge is 2.29. The summed E-state index contributed by atoms with van der Waals surface area (Å²) in [5.41, 5.74) is 0.102. The molecule has 4 rings (SSSR count). The van der Waals surface area contributed by atoms with E-state index in [1.807, 2.05) is 0 Å². The van der Waals surface area contributed by atoms with Crippen molar-refractivity contribution in [1.82, 2.24) is 0 Å². The van der Waals surface area contributed by atoms with Crippen molar-refractivity contribution < 1.29 is 28.5 Å². The van der Waals surface area contributed by atoms with E-state index in [2.05, 4.69) is 5.32 Å². The predicted molar refractivity (Wildman–Crippen MR) is 122 cm³/mol. The van der Waals surface area contributed by atoms with Crippen LogP contribution in [-0.4, -0.2) is 24.9 Å². The summed E-state index contributed by atoms with van der Waals surface area (Å²) in [6, 6.07) is 9.26. The molecule has 0 fully saturated rings. The third-order valence-corrected chi connectivity index (χ3v) is 5.85.